The van der Waals surface area contributed by atoms with Gasteiger partial charge in [0.15, 0.2) is 0 Å². The van der Waals surface area contributed by atoms with Crippen molar-refractivity contribution in [3.8, 4) is 5.95 Å². The fourth-order valence-electron chi connectivity index (χ4n) is 1.82. The van der Waals surface area contributed by atoms with Crippen molar-refractivity contribution in [2.24, 2.45) is 0 Å². The van der Waals surface area contributed by atoms with Crippen molar-refractivity contribution in [1.82, 2.24) is 19.5 Å². The standard InChI is InChI=1S/C14H12ClN5/c15-9-11-5-1-2-6-12(11)18-13-16-10-17-14(19-13)20-7-3-4-8-20/h1-8,10H,9H2,(H,16,17,18,19). The molecule has 0 saturated heterocycles. The Kier molecular flexibility index (Phi) is 3.60. The molecule has 2 aromatic heterocycles. The number of benzene rings is 1. The highest BCUT2D eigenvalue weighted by Gasteiger charge is 2.05. The molecule has 0 aliphatic rings. The van der Waals surface area contributed by atoms with E-state index in [1.165, 1.54) is 6.33 Å². The quantitative estimate of drug-likeness (QED) is 0.748. The molecule has 20 heavy (non-hydrogen) atoms. The van der Waals surface area contributed by atoms with Crippen molar-refractivity contribution < 1.29 is 0 Å². The minimum atomic E-state index is 0.429. The van der Waals surface area contributed by atoms with Crippen molar-refractivity contribution in [2.45, 2.75) is 5.88 Å². The molecule has 0 saturated carbocycles. The van der Waals surface area contributed by atoms with Crippen LogP contribution in [0.3, 0.4) is 0 Å². The number of hydrogen-bond acceptors (Lipinski definition) is 4. The van der Waals surface area contributed by atoms with Gasteiger partial charge >= 0.3 is 0 Å². The highest BCUT2D eigenvalue weighted by Crippen LogP contribution is 2.20. The molecule has 0 bridgehead atoms. The summed E-state index contributed by atoms with van der Waals surface area (Å²) >= 11 is 5.91. The Hall–Kier alpha value is -2.40. The van der Waals surface area contributed by atoms with E-state index in [-0.39, 0.29) is 0 Å². The molecule has 100 valence electrons. The van der Waals surface area contributed by atoms with Gasteiger partial charge in [0.2, 0.25) is 11.9 Å². The summed E-state index contributed by atoms with van der Waals surface area (Å²) in [4.78, 5) is 12.6. The van der Waals surface area contributed by atoms with Gasteiger partial charge in [0.25, 0.3) is 0 Å². The molecule has 5 nitrogen and oxygen atoms in total. The second kappa shape index (κ2) is 5.71. The van der Waals surface area contributed by atoms with Gasteiger partial charge < -0.3 is 5.32 Å². The Morgan fingerprint density at radius 2 is 1.85 bits per heavy atom. The van der Waals surface area contributed by atoms with Crippen LogP contribution in [0, 0.1) is 0 Å². The van der Waals surface area contributed by atoms with Crippen LogP contribution < -0.4 is 5.32 Å². The summed E-state index contributed by atoms with van der Waals surface area (Å²) < 4.78 is 1.82. The molecule has 0 aliphatic heterocycles. The lowest BCUT2D eigenvalue weighted by Crippen LogP contribution is -2.04. The molecule has 0 radical (unpaired) electrons. The van der Waals surface area contributed by atoms with Crippen LogP contribution in [-0.4, -0.2) is 19.5 Å². The van der Waals surface area contributed by atoms with E-state index in [4.69, 9.17) is 11.6 Å². The van der Waals surface area contributed by atoms with Crippen LogP contribution in [0.1, 0.15) is 5.56 Å². The van der Waals surface area contributed by atoms with E-state index < -0.39 is 0 Å². The van der Waals surface area contributed by atoms with Crippen molar-refractivity contribution in [1.29, 1.82) is 0 Å². The fourth-order valence-corrected chi connectivity index (χ4v) is 2.05. The minimum absolute atomic E-state index is 0.429. The number of nitrogens with one attached hydrogen (secondary N) is 1. The van der Waals surface area contributed by atoms with Gasteiger partial charge in [0, 0.05) is 24.0 Å². The minimum Gasteiger partial charge on any atom is -0.324 e. The summed E-state index contributed by atoms with van der Waals surface area (Å²) in [6, 6.07) is 11.6. The van der Waals surface area contributed by atoms with E-state index >= 15 is 0 Å². The number of para-hydroxylation sites is 1. The number of alkyl halides is 1. The van der Waals surface area contributed by atoms with Gasteiger partial charge in [-0.2, -0.15) is 4.98 Å². The first-order valence-electron chi connectivity index (χ1n) is 6.10. The molecule has 0 aliphatic carbocycles. The Labute approximate surface area is 121 Å². The lowest BCUT2D eigenvalue weighted by molar-refractivity contribution is 0.906. The van der Waals surface area contributed by atoms with Crippen molar-refractivity contribution in [3.63, 3.8) is 0 Å². The van der Waals surface area contributed by atoms with E-state index in [9.17, 15) is 0 Å². The van der Waals surface area contributed by atoms with Crippen molar-refractivity contribution >= 4 is 23.2 Å². The van der Waals surface area contributed by atoms with Crippen LogP contribution >= 0.6 is 11.6 Å². The predicted octanol–water partition coefficient (Wildman–Crippen LogP) is 3.14. The van der Waals surface area contributed by atoms with E-state index in [1.54, 1.807) is 0 Å². The highest BCUT2D eigenvalue weighted by molar-refractivity contribution is 6.17. The highest BCUT2D eigenvalue weighted by atomic mass is 35.5. The lowest BCUT2D eigenvalue weighted by Gasteiger charge is -2.09. The maximum atomic E-state index is 5.91. The number of aromatic nitrogens is 4. The van der Waals surface area contributed by atoms with Crippen LogP contribution in [0.4, 0.5) is 11.6 Å². The van der Waals surface area contributed by atoms with Crippen molar-refractivity contribution in [3.05, 3.63) is 60.7 Å². The summed E-state index contributed by atoms with van der Waals surface area (Å²) in [7, 11) is 0. The second-order valence-electron chi connectivity index (χ2n) is 4.12. The van der Waals surface area contributed by atoms with E-state index in [0.717, 1.165) is 11.3 Å². The number of halogens is 1. The van der Waals surface area contributed by atoms with Crippen LogP contribution in [0.15, 0.2) is 55.1 Å². The van der Waals surface area contributed by atoms with E-state index in [2.05, 4.69) is 20.3 Å². The van der Waals surface area contributed by atoms with Crippen LogP contribution in [0.5, 0.6) is 0 Å². The Bertz CT molecular complexity index is 696. The number of rotatable bonds is 4. The molecule has 1 N–H and O–H groups in total. The number of nitrogens with zero attached hydrogens (tertiary/aromatic N) is 4. The monoisotopic (exact) mass is 285 g/mol. The van der Waals surface area contributed by atoms with Gasteiger partial charge in [0.05, 0.1) is 0 Å². The zero-order valence-electron chi connectivity index (χ0n) is 10.6. The molecule has 0 atom stereocenters. The number of hydrogen-bond donors (Lipinski definition) is 1. The molecule has 6 heteroatoms. The average molecular weight is 286 g/mol. The molecular formula is C14H12ClN5. The molecule has 3 rings (SSSR count). The maximum absolute atomic E-state index is 5.91. The summed E-state index contributed by atoms with van der Waals surface area (Å²) in [5.41, 5.74) is 1.89. The van der Waals surface area contributed by atoms with Crippen LogP contribution in [0.25, 0.3) is 5.95 Å². The molecule has 1 aromatic carbocycles. The largest absolute Gasteiger partial charge is 0.324 e. The zero-order valence-corrected chi connectivity index (χ0v) is 11.3. The average Bonchev–Trinajstić information content (AvgIpc) is 3.02. The Balaban J connectivity index is 1.90. The zero-order chi connectivity index (χ0) is 13.8. The molecule has 3 aromatic rings. The molecule has 0 unspecified atom stereocenters. The second-order valence-corrected chi connectivity index (χ2v) is 4.38. The summed E-state index contributed by atoms with van der Waals surface area (Å²) in [5.74, 6) is 1.48. The molecular weight excluding hydrogens is 274 g/mol. The molecule has 0 fully saturated rings. The summed E-state index contributed by atoms with van der Waals surface area (Å²) in [6.07, 6.45) is 5.24. The first-order chi connectivity index (χ1) is 9.86. The number of anilines is 2. The maximum Gasteiger partial charge on any atom is 0.238 e. The summed E-state index contributed by atoms with van der Waals surface area (Å²) in [6.45, 7) is 0. The molecule has 0 amide bonds. The SMILES string of the molecule is ClCc1ccccc1Nc1ncnc(-n2cccc2)n1. The third kappa shape index (κ3) is 2.62. The first-order valence-corrected chi connectivity index (χ1v) is 6.63. The van der Waals surface area contributed by atoms with E-state index in [0.29, 0.717) is 17.8 Å². The third-order valence-electron chi connectivity index (χ3n) is 2.80. The van der Waals surface area contributed by atoms with Gasteiger partial charge in [-0.3, -0.25) is 4.57 Å². The summed E-state index contributed by atoms with van der Waals surface area (Å²) in [5, 5.41) is 3.17. The topological polar surface area (TPSA) is 55.6 Å². The van der Waals surface area contributed by atoms with Gasteiger partial charge in [0.1, 0.15) is 6.33 Å². The van der Waals surface area contributed by atoms with Crippen LogP contribution in [-0.2, 0) is 5.88 Å². The first kappa shape index (κ1) is 12.6. The van der Waals surface area contributed by atoms with Gasteiger partial charge in [-0.25, -0.2) is 9.97 Å². The van der Waals surface area contributed by atoms with Gasteiger partial charge in [-0.1, -0.05) is 18.2 Å². The lowest BCUT2D eigenvalue weighted by atomic mass is 10.2. The predicted molar refractivity (Wildman–Crippen MR) is 78.4 cm³/mol. The van der Waals surface area contributed by atoms with Gasteiger partial charge in [-0.15, -0.1) is 11.6 Å². The van der Waals surface area contributed by atoms with Crippen molar-refractivity contribution in [2.75, 3.05) is 5.32 Å². The van der Waals surface area contributed by atoms with Gasteiger partial charge in [-0.05, 0) is 23.8 Å². The molecule has 2 heterocycles. The smallest absolute Gasteiger partial charge is 0.238 e. The molecule has 0 spiro atoms. The van der Waals surface area contributed by atoms with E-state index in [1.807, 2.05) is 53.4 Å². The normalized spacial score (nSPS) is 10.4. The fraction of sp³-hybridized carbons (Fsp3) is 0.0714. The Morgan fingerprint density at radius 3 is 2.65 bits per heavy atom. The third-order valence-corrected chi connectivity index (χ3v) is 3.09. The Morgan fingerprint density at radius 1 is 1.05 bits per heavy atom. The van der Waals surface area contributed by atoms with Crippen LogP contribution in [0.2, 0.25) is 0 Å².